The van der Waals surface area contributed by atoms with Crippen LogP contribution in [0.2, 0.25) is 0 Å². The molecule has 0 unspecified atom stereocenters. The quantitative estimate of drug-likeness (QED) is 0.262. The number of rotatable bonds is 3. The summed E-state index contributed by atoms with van der Waals surface area (Å²) in [6, 6.07) is 0.234. The molecule has 4 N–H and O–H groups in total. The van der Waals surface area contributed by atoms with Crippen molar-refractivity contribution in [1.29, 1.82) is 0 Å². The Kier molecular flexibility index (Phi) is 6.25. The van der Waals surface area contributed by atoms with Crippen LogP contribution in [0, 0.1) is 0 Å². The fourth-order valence-electron chi connectivity index (χ4n) is 2.00. The average molecular weight is 243 g/mol. The SMILES string of the molecule is CC(C)N=C(NN)N1CCCN(CCO)CC1. The maximum Gasteiger partial charge on any atom is 0.208 e. The van der Waals surface area contributed by atoms with E-state index in [1.165, 1.54) is 0 Å². The van der Waals surface area contributed by atoms with Crippen LogP contribution in [0.5, 0.6) is 0 Å². The summed E-state index contributed by atoms with van der Waals surface area (Å²) >= 11 is 0. The molecule has 0 atom stereocenters. The lowest BCUT2D eigenvalue weighted by Crippen LogP contribution is -2.46. The molecule has 0 saturated carbocycles. The lowest BCUT2D eigenvalue weighted by atomic mass is 10.4. The first-order chi connectivity index (χ1) is 8.17. The van der Waals surface area contributed by atoms with E-state index in [0.717, 1.165) is 45.1 Å². The number of nitrogens with one attached hydrogen (secondary N) is 1. The Morgan fingerprint density at radius 3 is 2.71 bits per heavy atom. The van der Waals surface area contributed by atoms with Crippen LogP contribution in [0.25, 0.3) is 0 Å². The first-order valence-electron chi connectivity index (χ1n) is 6.30. The Hall–Kier alpha value is -0.850. The van der Waals surface area contributed by atoms with Crippen molar-refractivity contribution >= 4 is 5.96 Å². The first-order valence-corrected chi connectivity index (χ1v) is 6.30. The molecule has 1 heterocycles. The maximum atomic E-state index is 8.94. The Balaban J connectivity index is 2.54. The third-order valence-corrected chi connectivity index (χ3v) is 2.81. The zero-order valence-electron chi connectivity index (χ0n) is 10.9. The summed E-state index contributed by atoms with van der Waals surface area (Å²) < 4.78 is 0. The predicted molar refractivity (Wildman–Crippen MR) is 69.6 cm³/mol. The highest BCUT2D eigenvalue weighted by atomic mass is 16.3. The lowest BCUT2D eigenvalue weighted by Gasteiger charge is -2.24. The second-order valence-corrected chi connectivity index (χ2v) is 4.60. The van der Waals surface area contributed by atoms with Gasteiger partial charge in [0, 0.05) is 32.2 Å². The summed E-state index contributed by atoms with van der Waals surface area (Å²) in [6.07, 6.45) is 1.07. The summed E-state index contributed by atoms with van der Waals surface area (Å²) in [5.74, 6) is 6.29. The summed E-state index contributed by atoms with van der Waals surface area (Å²) in [7, 11) is 0. The largest absolute Gasteiger partial charge is 0.395 e. The number of aliphatic imine (C=N–C) groups is 1. The van der Waals surface area contributed by atoms with Gasteiger partial charge < -0.3 is 10.0 Å². The summed E-state index contributed by atoms with van der Waals surface area (Å²) in [5.41, 5.74) is 2.69. The van der Waals surface area contributed by atoms with Crippen molar-refractivity contribution < 1.29 is 5.11 Å². The highest BCUT2D eigenvalue weighted by Gasteiger charge is 2.17. The van der Waals surface area contributed by atoms with Gasteiger partial charge in [0.1, 0.15) is 0 Å². The van der Waals surface area contributed by atoms with Crippen LogP contribution in [0.15, 0.2) is 4.99 Å². The third kappa shape index (κ3) is 4.89. The molecule has 6 heteroatoms. The molecule has 1 aliphatic rings. The van der Waals surface area contributed by atoms with Gasteiger partial charge in [0.15, 0.2) is 0 Å². The molecule has 1 fully saturated rings. The van der Waals surface area contributed by atoms with Crippen molar-refractivity contribution in [1.82, 2.24) is 15.2 Å². The van der Waals surface area contributed by atoms with Gasteiger partial charge in [-0.15, -0.1) is 0 Å². The van der Waals surface area contributed by atoms with Gasteiger partial charge in [0.2, 0.25) is 5.96 Å². The highest BCUT2D eigenvalue weighted by molar-refractivity contribution is 5.79. The second kappa shape index (κ2) is 7.47. The molecule has 0 aliphatic carbocycles. The van der Waals surface area contributed by atoms with E-state index >= 15 is 0 Å². The van der Waals surface area contributed by atoms with E-state index in [9.17, 15) is 0 Å². The fourth-order valence-corrected chi connectivity index (χ4v) is 2.00. The van der Waals surface area contributed by atoms with Gasteiger partial charge in [-0.3, -0.25) is 10.3 Å². The molecule has 1 saturated heterocycles. The van der Waals surface area contributed by atoms with Crippen LogP contribution in [0.1, 0.15) is 20.3 Å². The second-order valence-electron chi connectivity index (χ2n) is 4.60. The topological polar surface area (TPSA) is 77.1 Å². The van der Waals surface area contributed by atoms with E-state index in [4.69, 9.17) is 10.9 Å². The maximum absolute atomic E-state index is 8.94. The Morgan fingerprint density at radius 1 is 1.35 bits per heavy atom. The van der Waals surface area contributed by atoms with Gasteiger partial charge in [-0.25, -0.2) is 10.8 Å². The number of β-amino-alcohol motifs (C(OH)–C–C–N with tert-alkyl or cyclic N) is 1. The minimum absolute atomic E-state index is 0.224. The standard InChI is InChI=1S/C11H25N5O/c1-10(2)13-11(14-12)16-5-3-4-15(6-7-16)8-9-17/h10,17H,3-9,12H2,1-2H3,(H,13,14). The van der Waals surface area contributed by atoms with E-state index < -0.39 is 0 Å². The van der Waals surface area contributed by atoms with Crippen LogP contribution in [-0.4, -0.2) is 66.2 Å². The number of hydrazine groups is 1. The minimum atomic E-state index is 0.224. The molecule has 0 aromatic rings. The Labute approximate surface area is 103 Å². The van der Waals surface area contributed by atoms with E-state index in [-0.39, 0.29) is 12.6 Å². The van der Waals surface area contributed by atoms with Gasteiger partial charge in [0.25, 0.3) is 0 Å². The van der Waals surface area contributed by atoms with Gasteiger partial charge in [-0.2, -0.15) is 0 Å². The van der Waals surface area contributed by atoms with E-state index in [1.54, 1.807) is 0 Å². The van der Waals surface area contributed by atoms with Crippen LogP contribution < -0.4 is 11.3 Å². The van der Waals surface area contributed by atoms with Gasteiger partial charge >= 0.3 is 0 Å². The van der Waals surface area contributed by atoms with Crippen LogP contribution in [0.4, 0.5) is 0 Å². The van der Waals surface area contributed by atoms with Crippen molar-refractivity contribution in [3.8, 4) is 0 Å². The molecule has 100 valence electrons. The molecule has 0 aromatic heterocycles. The molecule has 0 amide bonds. The molecule has 1 aliphatic heterocycles. The number of nitrogens with zero attached hydrogens (tertiary/aromatic N) is 3. The highest BCUT2D eigenvalue weighted by Crippen LogP contribution is 2.03. The monoisotopic (exact) mass is 243 g/mol. The predicted octanol–water partition coefficient (Wildman–Crippen LogP) is -0.786. The normalized spacial score (nSPS) is 19.6. The molecule has 0 radical (unpaired) electrons. The van der Waals surface area contributed by atoms with Crippen molar-refractivity contribution in [3.63, 3.8) is 0 Å². The number of aliphatic hydroxyl groups excluding tert-OH is 1. The van der Waals surface area contributed by atoms with E-state index in [1.807, 2.05) is 13.8 Å². The fraction of sp³-hybridized carbons (Fsp3) is 0.909. The summed E-state index contributed by atoms with van der Waals surface area (Å²) in [5, 5.41) is 8.94. The van der Waals surface area contributed by atoms with E-state index in [2.05, 4.69) is 20.2 Å². The Bertz CT molecular complexity index is 244. The molecule has 1 rings (SSSR count). The number of aliphatic hydroxyl groups is 1. The molecule has 17 heavy (non-hydrogen) atoms. The minimum Gasteiger partial charge on any atom is -0.395 e. The number of guanidine groups is 1. The molecule has 0 spiro atoms. The van der Waals surface area contributed by atoms with Crippen LogP contribution in [0.3, 0.4) is 0 Å². The molecule has 0 aromatic carbocycles. The first kappa shape index (κ1) is 14.2. The average Bonchev–Trinajstić information content (AvgIpc) is 2.52. The molecular weight excluding hydrogens is 218 g/mol. The van der Waals surface area contributed by atoms with Crippen LogP contribution in [-0.2, 0) is 0 Å². The summed E-state index contributed by atoms with van der Waals surface area (Å²) in [4.78, 5) is 8.92. The summed E-state index contributed by atoms with van der Waals surface area (Å²) in [6.45, 7) is 8.87. The smallest absolute Gasteiger partial charge is 0.208 e. The lowest BCUT2D eigenvalue weighted by molar-refractivity contribution is 0.201. The van der Waals surface area contributed by atoms with Gasteiger partial charge in [-0.1, -0.05) is 0 Å². The molecular formula is C11H25N5O. The Morgan fingerprint density at radius 2 is 2.12 bits per heavy atom. The zero-order valence-corrected chi connectivity index (χ0v) is 10.9. The third-order valence-electron chi connectivity index (χ3n) is 2.81. The van der Waals surface area contributed by atoms with Crippen molar-refractivity contribution in [3.05, 3.63) is 0 Å². The van der Waals surface area contributed by atoms with Crippen molar-refractivity contribution in [2.75, 3.05) is 39.3 Å². The van der Waals surface area contributed by atoms with E-state index in [0.29, 0.717) is 0 Å². The number of hydrogen-bond acceptors (Lipinski definition) is 4. The van der Waals surface area contributed by atoms with Crippen LogP contribution >= 0.6 is 0 Å². The van der Waals surface area contributed by atoms with Crippen molar-refractivity contribution in [2.24, 2.45) is 10.8 Å². The van der Waals surface area contributed by atoms with Gasteiger partial charge in [0.05, 0.1) is 6.61 Å². The molecule has 6 nitrogen and oxygen atoms in total. The zero-order chi connectivity index (χ0) is 12.7. The van der Waals surface area contributed by atoms with Crippen molar-refractivity contribution in [2.45, 2.75) is 26.3 Å². The number of hydrogen-bond donors (Lipinski definition) is 3. The molecule has 0 bridgehead atoms. The van der Waals surface area contributed by atoms with Gasteiger partial charge in [-0.05, 0) is 26.8 Å². The number of nitrogens with two attached hydrogens (primary N) is 1.